The molecule has 0 bridgehead atoms. The summed E-state index contributed by atoms with van der Waals surface area (Å²) in [4.78, 5) is 0. The molecule has 0 amide bonds. The van der Waals surface area contributed by atoms with E-state index >= 15 is 0 Å². The van der Waals surface area contributed by atoms with E-state index in [4.69, 9.17) is 9.88 Å². The molecular weight excluding hydrogens is 446 g/mol. The Morgan fingerprint density at radius 2 is 2.06 bits per heavy atom. The molecule has 1 aromatic carbocycles. The second-order valence-corrected chi connectivity index (χ2v) is 10.9. The number of hydrogen-bond donors (Lipinski definition) is 2. The molecule has 0 radical (unpaired) electrons. The van der Waals surface area contributed by atoms with Gasteiger partial charge < -0.3 is 4.74 Å². The van der Waals surface area contributed by atoms with Crippen molar-refractivity contribution in [1.82, 2.24) is 14.9 Å². The Balaban J connectivity index is 1.64. The molecule has 2 aromatic rings. The summed E-state index contributed by atoms with van der Waals surface area (Å²) in [6, 6.07) is 7.84. The Morgan fingerprint density at radius 3 is 2.75 bits per heavy atom. The maximum atomic E-state index is 11.5. The number of ether oxygens (including phenoxy) is 1. The van der Waals surface area contributed by atoms with Gasteiger partial charge in [0.15, 0.2) is 0 Å². The zero-order valence-electron chi connectivity index (χ0n) is 18.1. The summed E-state index contributed by atoms with van der Waals surface area (Å²) in [7, 11) is -3.79. The summed E-state index contributed by atoms with van der Waals surface area (Å²) in [5.41, 5.74) is 3.10. The smallest absolute Gasteiger partial charge is 0.274 e. The molecule has 4 rings (SSSR count). The first-order valence-electron chi connectivity index (χ1n) is 10.3. The van der Waals surface area contributed by atoms with Gasteiger partial charge >= 0.3 is 0 Å². The van der Waals surface area contributed by atoms with Crippen molar-refractivity contribution in [2.24, 2.45) is 10.6 Å². The fraction of sp³-hybridized carbons (Fsp3) is 0.409. The van der Waals surface area contributed by atoms with Crippen LogP contribution in [0.5, 0.6) is 0 Å². The van der Waals surface area contributed by atoms with E-state index in [9.17, 15) is 13.7 Å². The van der Waals surface area contributed by atoms with Gasteiger partial charge in [-0.2, -0.15) is 18.4 Å². The van der Waals surface area contributed by atoms with Gasteiger partial charge in [0.25, 0.3) is 10.2 Å². The second-order valence-electron chi connectivity index (χ2n) is 8.55. The molecule has 0 saturated heterocycles. The molecule has 1 aromatic heterocycles. The molecule has 3 N–H and O–H groups in total. The average molecular weight is 472 g/mol. The molecule has 2 unspecified atom stereocenters. The van der Waals surface area contributed by atoms with E-state index in [2.05, 4.69) is 21.0 Å². The van der Waals surface area contributed by atoms with Crippen LogP contribution < -0.4 is 9.86 Å². The van der Waals surface area contributed by atoms with Crippen LogP contribution in [-0.2, 0) is 21.4 Å². The largest absolute Gasteiger partial charge is 0.494 e. The number of nitrogens with zero attached hydrogens (tertiary/aromatic N) is 3. The van der Waals surface area contributed by atoms with Crippen LogP contribution in [0.15, 0.2) is 36.1 Å². The molecule has 2 aliphatic carbocycles. The Morgan fingerprint density at radius 1 is 1.31 bits per heavy atom. The van der Waals surface area contributed by atoms with E-state index in [1.165, 1.54) is 11.3 Å². The lowest BCUT2D eigenvalue weighted by Gasteiger charge is -2.29. The fourth-order valence-corrected chi connectivity index (χ4v) is 5.75. The lowest BCUT2D eigenvalue weighted by Crippen LogP contribution is -2.33. The number of nitriles is 1. The van der Waals surface area contributed by atoms with Gasteiger partial charge in [-0.3, -0.25) is 0 Å². The van der Waals surface area contributed by atoms with Gasteiger partial charge in [0.05, 0.1) is 12.2 Å². The van der Waals surface area contributed by atoms with E-state index in [0.717, 1.165) is 38.7 Å². The first kappa shape index (κ1) is 22.6. The summed E-state index contributed by atoms with van der Waals surface area (Å²) in [6.07, 6.45) is 5.65. The number of fused-ring (bicyclic) bond motifs is 1. The minimum absolute atomic E-state index is 0.00948. The molecule has 2 aliphatic rings. The van der Waals surface area contributed by atoms with Crippen molar-refractivity contribution < 1.29 is 13.2 Å². The summed E-state index contributed by atoms with van der Waals surface area (Å²) < 4.78 is 31.3. The van der Waals surface area contributed by atoms with Gasteiger partial charge in [-0.1, -0.05) is 35.6 Å². The Bertz CT molecular complexity index is 1260. The number of allylic oxidation sites excluding steroid dienone is 4. The highest BCUT2D eigenvalue weighted by Crippen LogP contribution is 2.44. The van der Waals surface area contributed by atoms with Crippen LogP contribution in [0.1, 0.15) is 55.8 Å². The third-order valence-corrected chi connectivity index (χ3v) is 7.29. The van der Waals surface area contributed by atoms with Crippen LogP contribution in [0.25, 0.3) is 16.1 Å². The van der Waals surface area contributed by atoms with Gasteiger partial charge in [-0.05, 0) is 56.4 Å². The van der Waals surface area contributed by atoms with Gasteiger partial charge in [0.2, 0.25) is 0 Å². The molecule has 1 heterocycles. The van der Waals surface area contributed by atoms with Crippen LogP contribution in [-0.4, -0.2) is 24.7 Å². The van der Waals surface area contributed by atoms with E-state index in [-0.39, 0.29) is 12.1 Å². The van der Waals surface area contributed by atoms with Crippen molar-refractivity contribution in [3.05, 3.63) is 52.2 Å². The van der Waals surface area contributed by atoms with Crippen molar-refractivity contribution in [3.63, 3.8) is 0 Å². The minimum atomic E-state index is -3.79. The molecule has 8 nitrogen and oxygen atoms in total. The van der Waals surface area contributed by atoms with Crippen LogP contribution in [0, 0.1) is 16.7 Å². The molecule has 0 saturated carbocycles. The van der Waals surface area contributed by atoms with Crippen molar-refractivity contribution in [2.75, 3.05) is 0 Å². The number of nitrogens with one attached hydrogen (secondary N) is 1. The summed E-state index contributed by atoms with van der Waals surface area (Å²) in [5.74, 6) is 0.665. The molecule has 168 valence electrons. The van der Waals surface area contributed by atoms with Crippen molar-refractivity contribution in [1.29, 1.82) is 5.26 Å². The highest BCUT2D eigenvalue weighted by atomic mass is 32.2. The SMILES string of the molecule is CC(C)OC1=CC=C(c2nnc(-c3cccc4c3CCC4NS(N)(=O)=O)s2)CC1(C)C#N. The predicted molar refractivity (Wildman–Crippen MR) is 123 cm³/mol. The standard InChI is InChI=1S/C22H25N5O3S2/c1-13(2)30-19-10-7-14(11-22(19,3)12-23)20-25-26-21(31-20)17-6-4-5-16-15(17)8-9-18(16)27-32(24,28)29/h4-7,10,13,18,27H,8-9,11H2,1-3H3,(H2,24,28,29). The maximum absolute atomic E-state index is 11.5. The second kappa shape index (κ2) is 8.41. The zero-order valence-corrected chi connectivity index (χ0v) is 19.8. The normalized spacial score (nSPS) is 22.8. The highest BCUT2D eigenvalue weighted by Gasteiger charge is 2.36. The molecule has 0 fully saturated rings. The third-order valence-electron chi connectivity index (χ3n) is 5.64. The Hall–Kier alpha value is -2.58. The van der Waals surface area contributed by atoms with Crippen LogP contribution >= 0.6 is 11.3 Å². The summed E-state index contributed by atoms with van der Waals surface area (Å²) in [5, 5.41) is 25.3. The van der Waals surface area contributed by atoms with Crippen molar-refractivity contribution in [2.45, 2.75) is 52.2 Å². The summed E-state index contributed by atoms with van der Waals surface area (Å²) in [6.45, 7) is 5.76. The zero-order chi connectivity index (χ0) is 23.1. The number of hydrogen-bond acceptors (Lipinski definition) is 7. The summed E-state index contributed by atoms with van der Waals surface area (Å²) >= 11 is 1.47. The monoisotopic (exact) mass is 471 g/mol. The Kier molecular flexibility index (Phi) is 5.94. The average Bonchev–Trinajstić information content (AvgIpc) is 3.36. The number of nitrogens with two attached hydrogens (primary N) is 1. The molecule has 0 aliphatic heterocycles. The van der Waals surface area contributed by atoms with E-state index in [1.54, 1.807) is 0 Å². The van der Waals surface area contributed by atoms with Crippen LogP contribution in [0.4, 0.5) is 0 Å². The molecule has 10 heteroatoms. The molecular formula is C22H25N5O3S2. The van der Waals surface area contributed by atoms with Crippen LogP contribution in [0.3, 0.4) is 0 Å². The van der Waals surface area contributed by atoms with Gasteiger partial charge in [-0.15, -0.1) is 10.2 Å². The lowest BCUT2D eigenvalue weighted by molar-refractivity contribution is 0.106. The van der Waals surface area contributed by atoms with E-state index < -0.39 is 15.6 Å². The lowest BCUT2D eigenvalue weighted by atomic mass is 9.79. The van der Waals surface area contributed by atoms with Gasteiger partial charge in [-0.25, -0.2) is 5.14 Å². The highest BCUT2D eigenvalue weighted by molar-refractivity contribution is 7.87. The number of benzene rings is 1. The van der Waals surface area contributed by atoms with Crippen molar-refractivity contribution in [3.8, 4) is 16.6 Å². The van der Waals surface area contributed by atoms with Crippen molar-refractivity contribution >= 4 is 27.1 Å². The number of rotatable bonds is 6. The quantitative estimate of drug-likeness (QED) is 0.662. The van der Waals surface area contributed by atoms with E-state index in [1.807, 2.05) is 51.1 Å². The topological polar surface area (TPSA) is 131 Å². The van der Waals surface area contributed by atoms with E-state index in [0.29, 0.717) is 18.6 Å². The Labute approximate surface area is 192 Å². The first-order chi connectivity index (χ1) is 15.1. The number of aromatic nitrogens is 2. The van der Waals surface area contributed by atoms with Gasteiger partial charge in [0, 0.05) is 18.0 Å². The third kappa shape index (κ3) is 4.47. The first-order valence-corrected chi connectivity index (χ1v) is 12.7. The minimum Gasteiger partial charge on any atom is -0.494 e. The maximum Gasteiger partial charge on any atom is 0.274 e. The fourth-order valence-electron chi connectivity index (χ4n) is 4.19. The van der Waals surface area contributed by atoms with Gasteiger partial charge in [0.1, 0.15) is 21.2 Å². The molecule has 2 atom stereocenters. The van der Waals surface area contributed by atoms with Crippen LogP contribution in [0.2, 0.25) is 0 Å². The predicted octanol–water partition coefficient (Wildman–Crippen LogP) is 3.61. The molecule has 32 heavy (non-hydrogen) atoms. The molecule has 0 spiro atoms.